The van der Waals surface area contributed by atoms with Crippen LogP contribution in [0.1, 0.15) is 0 Å². The second kappa shape index (κ2) is 4.56. The molecule has 0 atom stereocenters. The molecule has 0 aliphatic heterocycles. The maximum atomic E-state index is 8.65. The van der Waals surface area contributed by atoms with E-state index in [2.05, 4.69) is 9.68 Å². The molecule has 0 spiro atoms. The second-order valence-electron chi connectivity index (χ2n) is 2.14. The van der Waals surface area contributed by atoms with Crippen molar-refractivity contribution in [3.05, 3.63) is 0 Å². The van der Waals surface area contributed by atoms with Gasteiger partial charge < -0.3 is 20.5 Å². The Bertz CT molecular complexity index is 83.8. The van der Waals surface area contributed by atoms with E-state index >= 15 is 0 Å². The summed E-state index contributed by atoms with van der Waals surface area (Å²) in [6.07, 6.45) is 0. The topological polar surface area (TPSA) is 117 Å². The summed E-state index contributed by atoms with van der Waals surface area (Å²) in [6.45, 7) is -0.289. The second-order valence-corrected chi connectivity index (χ2v) is 2.14. The standard InChI is InChI=1S/C4H13N3O3/c5-4(1-8,2-9-6)3-10-7/h8H,1-3,5-7H2. The highest BCUT2D eigenvalue weighted by Gasteiger charge is 2.24. The molecule has 0 bridgehead atoms. The lowest BCUT2D eigenvalue weighted by Gasteiger charge is -2.23. The van der Waals surface area contributed by atoms with E-state index in [0.717, 1.165) is 0 Å². The van der Waals surface area contributed by atoms with Gasteiger partial charge in [0.15, 0.2) is 0 Å². The third kappa shape index (κ3) is 3.06. The zero-order valence-electron chi connectivity index (χ0n) is 5.62. The molecule has 6 heteroatoms. The van der Waals surface area contributed by atoms with E-state index in [0.29, 0.717) is 0 Å². The highest BCUT2D eigenvalue weighted by Crippen LogP contribution is 1.97. The molecule has 0 rings (SSSR count). The third-order valence-electron chi connectivity index (χ3n) is 1.06. The predicted molar refractivity (Wildman–Crippen MR) is 34.3 cm³/mol. The van der Waals surface area contributed by atoms with Crippen LogP contribution >= 0.6 is 0 Å². The predicted octanol–water partition coefficient (Wildman–Crippen LogP) is -2.54. The van der Waals surface area contributed by atoms with E-state index in [1.807, 2.05) is 0 Å². The van der Waals surface area contributed by atoms with E-state index in [1.54, 1.807) is 0 Å². The molecule has 10 heavy (non-hydrogen) atoms. The molecule has 0 aromatic heterocycles. The summed E-state index contributed by atoms with van der Waals surface area (Å²) in [6, 6.07) is 0. The Morgan fingerprint density at radius 3 is 1.80 bits per heavy atom. The fraction of sp³-hybridized carbons (Fsp3) is 1.00. The molecule has 7 N–H and O–H groups in total. The summed E-state index contributed by atoms with van der Waals surface area (Å²) in [5, 5.41) is 8.65. The normalized spacial score (nSPS) is 12.0. The Morgan fingerprint density at radius 1 is 1.20 bits per heavy atom. The first-order valence-corrected chi connectivity index (χ1v) is 2.71. The number of aliphatic hydroxyl groups excluding tert-OH is 1. The van der Waals surface area contributed by atoms with E-state index in [-0.39, 0.29) is 19.8 Å². The molecule has 0 aromatic rings. The van der Waals surface area contributed by atoms with Crippen LogP contribution in [0.3, 0.4) is 0 Å². The lowest BCUT2D eigenvalue weighted by Crippen LogP contribution is -2.53. The fourth-order valence-electron chi connectivity index (χ4n) is 0.465. The van der Waals surface area contributed by atoms with Crippen LogP contribution in [-0.4, -0.2) is 30.5 Å². The molecule has 0 aromatic carbocycles. The lowest BCUT2D eigenvalue weighted by atomic mass is 10.1. The largest absolute Gasteiger partial charge is 0.394 e. The van der Waals surface area contributed by atoms with Gasteiger partial charge in [0.2, 0.25) is 0 Å². The number of hydrogen-bond acceptors (Lipinski definition) is 6. The van der Waals surface area contributed by atoms with Gasteiger partial charge in [-0.2, -0.15) is 0 Å². The molecule has 62 valence electrons. The summed E-state index contributed by atoms with van der Waals surface area (Å²) < 4.78 is 0. The number of nitrogens with two attached hydrogens (primary N) is 3. The quantitative estimate of drug-likeness (QED) is 0.321. The van der Waals surface area contributed by atoms with Crippen molar-refractivity contribution in [1.29, 1.82) is 0 Å². The Balaban J connectivity index is 3.69. The minimum atomic E-state index is -0.997. The van der Waals surface area contributed by atoms with Crippen molar-refractivity contribution in [3.63, 3.8) is 0 Å². The molecular formula is C4H13N3O3. The SMILES string of the molecule is NOCC(N)(CO)CON. The van der Waals surface area contributed by atoms with Crippen LogP contribution in [0.25, 0.3) is 0 Å². The van der Waals surface area contributed by atoms with Gasteiger partial charge in [-0.05, 0) is 0 Å². The van der Waals surface area contributed by atoms with Gasteiger partial charge in [0.05, 0.1) is 25.4 Å². The van der Waals surface area contributed by atoms with Crippen molar-refractivity contribution >= 4 is 0 Å². The van der Waals surface area contributed by atoms with Crippen molar-refractivity contribution in [2.24, 2.45) is 17.5 Å². The molecule has 0 aliphatic rings. The highest BCUT2D eigenvalue weighted by atomic mass is 16.6. The van der Waals surface area contributed by atoms with Gasteiger partial charge >= 0.3 is 0 Å². The molecule has 0 heterocycles. The monoisotopic (exact) mass is 151 g/mol. The van der Waals surface area contributed by atoms with Crippen molar-refractivity contribution in [1.82, 2.24) is 0 Å². The van der Waals surface area contributed by atoms with Crippen LogP contribution in [0, 0.1) is 0 Å². The van der Waals surface area contributed by atoms with E-state index < -0.39 is 5.54 Å². The Hall–Kier alpha value is -0.240. The van der Waals surface area contributed by atoms with E-state index in [9.17, 15) is 0 Å². The van der Waals surface area contributed by atoms with Gasteiger partial charge in [-0.3, -0.25) is 0 Å². The van der Waals surface area contributed by atoms with Crippen LogP contribution in [0.2, 0.25) is 0 Å². The van der Waals surface area contributed by atoms with Gasteiger partial charge in [0.25, 0.3) is 0 Å². The molecule has 0 fully saturated rings. The van der Waals surface area contributed by atoms with Crippen molar-refractivity contribution in [2.75, 3.05) is 19.8 Å². The number of hydrogen-bond donors (Lipinski definition) is 4. The molecule has 0 saturated heterocycles. The van der Waals surface area contributed by atoms with Crippen molar-refractivity contribution < 1.29 is 14.8 Å². The molecule has 6 nitrogen and oxygen atoms in total. The lowest BCUT2D eigenvalue weighted by molar-refractivity contribution is -0.00324. The maximum Gasteiger partial charge on any atom is 0.0905 e. The number of rotatable bonds is 5. The first kappa shape index (κ1) is 9.76. The Morgan fingerprint density at radius 2 is 1.60 bits per heavy atom. The van der Waals surface area contributed by atoms with Gasteiger partial charge in [-0.15, -0.1) is 0 Å². The molecule has 0 amide bonds. The average molecular weight is 151 g/mol. The minimum Gasteiger partial charge on any atom is -0.394 e. The average Bonchev–Trinajstić information content (AvgIpc) is 1.89. The van der Waals surface area contributed by atoms with Gasteiger partial charge in [-0.25, -0.2) is 11.8 Å². The Kier molecular flexibility index (Phi) is 4.45. The van der Waals surface area contributed by atoms with Crippen molar-refractivity contribution in [3.8, 4) is 0 Å². The maximum absolute atomic E-state index is 8.65. The van der Waals surface area contributed by atoms with Gasteiger partial charge in [-0.1, -0.05) is 0 Å². The van der Waals surface area contributed by atoms with E-state index in [1.165, 1.54) is 0 Å². The first-order valence-electron chi connectivity index (χ1n) is 2.71. The molecule has 0 unspecified atom stereocenters. The van der Waals surface area contributed by atoms with Crippen LogP contribution < -0.4 is 17.5 Å². The summed E-state index contributed by atoms with van der Waals surface area (Å²) in [7, 11) is 0. The minimum absolute atomic E-state index is 0.000694. The molecule has 0 radical (unpaired) electrons. The van der Waals surface area contributed by atoms with Crippen LogP contribution in [-0.2, 0) is 9.68 Å². The zero-order chi connectivity index (χ0) is 8.04. The summed E-state index contributed by atoms with van der Waals surface area (Å²) in [5.74, 6) is 9.47. The van der Waals surface area contributed by atoms with Gasteiger partial charge in [0, 0.05) is 0 Å². The van der Waals surface area contributed by atoms with E-state index in [4.69, 9.17) is 22.6 Å². The Labute approximate surface area is 58.8 Å². The zero-order valence-corrected chi connectivity index (χ0v) is 5.62. The summed E-state index contributed by atoms with van der Waals surface area (Å²) >= 11 is 0. The van der Waals surface area contributed by atoms with Crippen LogP contribution in [0.15, 0.2) is 0 Å². The molecular weight excluding hydrogens is 138 g/mol. The summed E-state index contributed by atoms with van der Waals surface area (Å²) in [5.41, 5.74) is 4.46. The smallest absolute Gasteiger partial charge is 0.0905 e. The molecule has 0 aliphatic carbocycles. The number of aliphatic hydroxyl groups is 1. The molecule has 0 saturated carbocycles. The van der Waals surface area contributed by atoms with Gasteiger partial charge in [0.1, 0.15) is 0 Å². The van der Waals surface area contributed by atoms with Crippen LogP contribution in [0.5, 0.6) is 0 Å². The van der Waals surface area contributed by atoms with Crippen molar-refractivity contribution in [2.45, 2.75) is 5.54 Å². The fourth-order valence-corrected chi connectivity index (χ4v) is 0.465. The third-order valence-corrected chi connectivity index (χ3v) is 1.06. The first-order chi connectivity index (χ1) is 4.68. The summed E-state index contributed by atoms with van der Waals surface area (Å²) in [4.78, 5) is 8.46. The van der Waals surface area contributed by atoms with Crippen LogP contribution in [0.4, 0.5) is 0 Å². The highest BCUT2D eigenvalue weighted by molar-refractivity contribution is 4.82.